The number of amides is 2. The van der Waals surface area contributed by atoms with Crippen LogP contribution in [0.4, 0.5) is 4.79 Å². The van der Waals surface area contributed by atoms with Crippen molar-refractivity contribution in [2.24, 2.45) is 0 Å². The first kappa shape index (κ1) is 11.7. The van der Waals surface area contributed by atoms with Gasteiger partial charge in [0.05, 0.1) is 12.2 Å². The third-order valence-electron chi connectivity index (χ3n) is 3.33. The topological polar surface area (TPSA) is 64.0 Å². The average molecular weight is 228 g/mol. The molecule has 0 bridgehead atoms. The second-order valence-electron chi connectivity index (χ2n) is 4.77. The van der Waals surface area contributed by atoms with Crippen molar-refractivity contribution in [3.05, 3.63) is 0 Å². The number of urea groups is 1. The lowest BCUT2D eigenvalue weighted by atomic mass is 10.1. The van der Waals surface area contributed by atoms with Crippen molar-refractivity contribution in [3.63, 3.8) is 0 Å². The summed E-state index contributed by atoms with van der Waals surface area (Å²) in [6, 6.07) is -0.0301. The van der Waals surface area contributed by atoms with Crippen molar-refractivity contribution in [1.29, 1.82) is 0 Å². The van der Waals surface area contributed by atoms with Gasteiger partial charge < -0.3 is 20.0 Å². The molecule has 2 atom stereocenters. The Morgan fingerprint density at radius 1 is 0.938 bits per heavy atom. The van der Waals surface area contributed by atoms with E-state index in [1.54, 1.807) is 9.80 Å². The van der Waals surface area contributed by atoms with E-state index in [2.05, 4.69) is 0 Å². The van der Waals surface area contributed by atoms with Gasteiger partial charge in [-0.15, -0.1) is 0 Å². The van der Waals surface area contributed by atoms with Gasteiger partial charge in [-0.1, -0.05) is 0 Å². The highest BCUT2D eigenvalue weighted by Crippen LogP contribution is 2.16. The summed E-state index contributed by atoms with van der Waals surface area (Å²) in [4.78, 5) is 15.5. The number of likely N-dealkylation sites (tertiary alicyclic amines) is 2. The molecule has 0 aromatic heterocycles. The number of β-amino-alcohol motifs (C(OH)–C–C–N with tert-alkyl or cyclic N) is 2. The van der Waals surface area contributed by atoms with Gasteiger partial charge in [-0.2, -0.15) is 0 Å². The maximum absolute atomic E-state index is 12.1. The molecule has 2 heterocycles. The molecule has 2 aliphatic heterocycles. The molecule has 0 aliphatic carbocycles. The molecular weight excluding hydrogens is 208 g/mol. The van der Waals surface area contributed by atoms with Gasteiger partial charge in [-0.05, 0) is 25.7 Å². The highest BCUT2D eigenvalue weighted by molar-refractivity contribution is 5.74. The number of carbonyl (C=O) groups is 1. The van der Waals surface area contributed by atoms with Crippen molar-refractivity contribution in [1.82, 2.24) is 9.80 Å². The Labute approximate surface area is 95.6 Å². The molecule has 2 aliphatic rings. The maximum atomic E-state index is 12.1. The summed E-state index contributed by atoms with van der Waals surface area (Å²) < 4.78 is 0. The predicted octanol–water partition coefficient (Wildman–Crippen LogP) is 0.0198. The first-order valence-electron chi connectivity index (χ1n) is 6.07. The summed E-state index contributed by atoms with van der Waals surface area (Å²) in [7, 11) is 0. The zero-order valence-electron chi connectivity index (χ0n) is 9.51. The van der Waals surface area contributed by atoms with Crippen LogP contribution in [0, 0.1) is 0 Å². The summed E-state index contributed by atoms with van der Waals surface area (Å²) in [5.41, 5.74) is 0. The SMILES string of the molecule is O=C(N1CCC[C@H](O)C1)N1CCC[C@H](O)C1. The lowest BCUT2D eigenvalue weighted by molar-refractivity contribution is 0.0469. The molecule has 0 saturated carbocycles. The molecule has 2 rings (SSSR count). The zero-order chi connectivity index (χ0) is 11.5. The predicted molar refractivity (Wildman–Crippen MR) is 59.0 cm³/mol. The van der Waals surface area contributed by atoms with E-state index in [4.69, 9.17) is 0 Å². The van der Waals surface area contributed by atoms with Crippen LogP contribution in [0.2, 0.25) is 0 Å². The van der Waals surface area contributed by atoms with Gasteiger partial charge in [0.25, 0.3) is 0 Å². The van der Waals surface area contributed by atoms with Crippen LogP contribution in [0.1, 0.15) is 25.7 Å². The molecule has 0 aromatic carbocycles. The maximum Gasteiger partial charge on any atom is 0.320 e. The smallest absolute Gasteiger partial charge is 0.320 e. The Balaban J connectivity index is 1.90. The average Bonchev–Trinajstić information content (AvgIpc) is 2.28. The first-order chi connectivity index (χ1) is 7.66. The molecule has 0 spiro atoms. The van der Waals surface area contributed by atoms with E-state index in [1.807, 2.05) is 0 Å². The van der Waals surface area contributed by atoms with Gasteiger partial charge in [0.1, 0.15) is 0 Å². The number of carbonyl (C=O) groups excluding carboxylic acids is 1. The number of rotatable bonds is 0. The largest absolute Gasteiger partial charge is 0.391 e. The molecule has 0 radical (unpaired) electrons. The van der Waals surface area contributed by atoms with E-state index >= 15 is 0 Å². The minimum atomic E-state index is -0.382. The number of nitrogens with zero attached hydrogens (tertiary/aromatic N) is 2. The Bertz CT molecular complexity index is 236. The van der Waals surface area contributed by atoms with Gasteiger partial charge in [0.15, 0.2) is 0 Å². The molecule has 2 amide bonds. The first-order valence-corrected chi connectivity index (χ1v) is 6.07. The minimum Gasteiger partial charge on any atom is -0.391 e. The fourth-order valence-corrected chi connectivity index (χ4v) is 2.46. The van der Waals surface area contributed by atoms with Gasteiger partial charge in [0, 0.05) is 26.2 Å². The van der Waals surface area contributed by atoms with Crippen LogP contribution in [0.3, 0.4) is 0 Å². The van der Waals surface area contributed by atoms with E-state index in [-0.39, 0.29) is 18.2 Å². The Kier molecular flexibility index (Phi) is 3.66. The van der Waals surface area contributed by atoms with Crippen molar-refractivity contribution in [2.75, 3.05) is 26.2 Å². The summed E-state index contributed by atoms with van der Waals surface area (Å²) in [6.07, 6.45) is 2.53. The molecular formula is C11H20N2O3. The van der Waals surface area contributed by atoms with Crippen molar-refractivity contribution >= 4 is 6.03 Å². The Hall–Kier alpha value is -0.810. The van der Waals surface area contributed by atoms with E-state index in [9.17, 15) is 15.0 Å². The minimum absolute atomic E-state index is 0.0301. The van der Waals surface area contributed by atoms with E-state index in [0.717, 1.165) is 38.8 Å². The summed E-state index contributed by atoms with van der Waals surface area (Å²) >= 11 is 0. The third-order valence-corrected chi connectivity index (χ3v) is 3.33. The molecule has 5 heteroatoms. The Morgan fingerprint density at radius 2 is 1.38 bits per heavy atom. The van der Waals surface area contributed by atoms with Crippen LogP contribution < -0.4 is 0 Å². The standard InChI is InChI=1S/C11H20N2O3/c14-9-3-1-5-12(7-9)11(16)13-6-2-4-10(15)8-13/h9-10,14-15H,1-8H2/t9-,10-/m0/s1. The summed E-state index contributed by atoms with van der Waals surface area (Å²) in [5, 5.41) is 19.0. The highest BCUT2D eigenvalue weighted by atomic mass is 16.3. The number of aliphatic hydroxyl groups excluding tert-OH is 2. The van der Waals surface area contributed by atoms with Crippen LogP contribution in [-0.2, 0) is 0 Å². The highest BCUT2D eigenvalue weighted by Gasteiger charge is 2.28. The second-order valence-corrected chi connectivity index (χ2v) is 4.77. The molecule has 2 fully saturated rings. The fraction of sp³-hybridized carbons (Fsp3) is 0.909. The number of piperidine rings is 2. The van der Waals surface area contributed by atoms with Crippen LogP contribution in [0.25, 0.3) is 0 Å². The summed E-state index contributed by atoms with van der Waals surface area (Å²) in [6.45, 7) is 2.32. The van der Waals surface area contributed by atoms with E-state index in [1.165, 1.54) is 0 Å². The number of hydrogen-bond acceptors (Lipinski definition) is 3. The van der Waals surface area contributed by atoms with Gasteiger partial charge in [-0.25, -0.2) is 4.79 Å². The van der Waals surface area contributed by atoms with Crippen molar-refractivity contribution in [3.8, 4) is 0 Å². The fourth-order valence-electron chi connectivity index (χ4n) is 2.46. The van der Waals surface area contributed by atoms with Crippen molar-refractivity contribution in [2.45, 2.75) is 37.9 Å². The third kappa shape index (κ3) is 2.65. The van der Waals surface area contributed by atoms with Crippen LogP contribution in [0.5, 0.6) is 0 Å². The molecule has 0 aromatic rings. The van der Waals surface area contributed by atoms with Gasteiger partial charge in [-0.3, -0.25) is 0 Å². The molecule has 0 unspecified atom stereocenters. The van der Waals surface area contributed by atoms with Gasteiger partial charge in [0.2, 0.25) is 0 Å². The number of aliphatic hydroxyl groups is 2. The molecule has 92 valence electrons. The monoisotopic (exact) mass is 228 g/mol. The van der Waals surface area contributed by atoms with E-state index in [0.29, 0.717) is 13.1 Å². The quantitative estimate of drug-likeness (QED) is 0.614. The van der Waals surface area contributed by atoms with Gasteiger partial charge >= 0.3 is 6.03 Å². The normalized spacial score (nSPS) is 31.6. The van der Waals surface area contributed by atoms with Crippen LogP contribution >= 0.6 is 0 Å². The molecule has 5 nitrogen and oxygen atoms in total. The Morgan fingerprint density at radius 3 is 1.75 bits per heavy atom. The summed E-state index contributed by atoms with van der Waals surface area (Å²) in [5.74, 6) is 0. The second kappa shape index (κ2) is 5.01. The molecule has 2 saturated heterocycles. The van der Waals surface area contributed by atoms with Crippen molar-refractivity contribution < 1.29 is 15.0 Å². The zero-order valence-corrected chi connectivity index (χ0v) is 9.51. The van der Waals surface area contributed by atoms with Crippen LogP contribution in [-0.4, -0.2) is 64.4 Å². The number of hydrogen-bond donors (Lipinski definition) is 2. The van der Waals surface area contributed by atoms with E-state index < -0.39 is 0 Å². The lowest BCUT2D eigenvalue weighted by Crippen LogP contribution is -2.52. The van der Waals surface area contributed by atoms with Crippen LogP contribution in [0.15, 0.2) is 0 Å². The molecule has 2 N–H and O–H groups in total. The molecule has 16 heavy (non-hydrogen) atoms. The lowest BCUT2D eigenvalue weighted by Gasteiger charge is -2.37.